The van der Waals surface area contributed by atoms with Gasteiger partial charge in [-0.3, -0.25) is 24.4 Å². The van der Waals surface area contributed by atoms with Crippen LogP contribution < -0.4 is 19.7 Å². The maximum atomic E-state index is 14.3. The third-order valence-corrected chi connectivity index (χ3v) is 9.37. The van der Waals surface area contributed by atoms with Crippen molar-refractivity contribution in [2.24, 2.45) is 4.99 Å². The van der Waals surface area contributed by atoms with Gasteiger partial charge in [0.05, 0.1) is 42.9 Å². The Balaban J connectivity index is 1.23. The molecule has 3 aliphatic heterocycles. The summed E-state index contributed by atoms with van der Waals surface area (Å²) in [7, 11) is 3.19. The zero-order chi connectivity index (χ0) is 31.3. The van der Waals surface area contributed by atoms with E-state index in [1.165, 1.54) is 10.5 Å². The Kier molecular flexibility index (Phi) is 9.35. The highest BCUT2D eigenvalue weighted by Crippen LogP contribution is 2.40. The molecule has 1 fully saturated rings. The van der Waals surface area contributed by atoms with Crippen LogP contribution in [0.3, 0.4) is 0 Å². The number of fused-ring (bicyclic) bond motifs is 1. The molecule has 0 bridgehead atoms. The van der Waals surface area contributed by atoms with E-state index in [2.05, 4.69) is 51.3 Å². The molecule has 6 rings (SSSR count). The zero-order valence-electron chi connectivity index (χ0n) is 26.5. The monoisotopic (exact) mass is 609 g/mol. The lowest BCUT2D eigenvalue weighted by atomic mass is 9.99. The first-order valence-corrected chi connectivity index (χ1v) is 16.0. The third-order valence-electron chi connectivity index (χ3n) is 9.37. The van der Waals surface area contributed by atoms with E-state index in [0.29, 0.717) is 35.1 Å². The number of piperazine rings is 1. The van der Waals surface area contributed by atoms with Gasteiger partial charge < -0.3 is 19.7 Å². The van der Waals surface area contributed by atoms with Crippen molar-refractivity contribution in [3.63, 3.8) is 0 Å². The van der Waals surface area contributed by atoms with Crippen LogP contribution in [0.1, 0.15) is 76.5 Å². The van der Waals surface area contributed by atoms with Gasteiger partial charge in [-0.05, 0) is 61.6 Å². The molecule has 9 nitrogen and oxygen atoms in total. The lowest BCUT2D eigenvalue weighted by Gasteiger charge is -2.39. The average Bonchev–Trinajstić information content (AvgIpc) is 3.70. The number of hydrogen-bond donors (Lipinski definition) is 1. The fourth-order valence-electron chi connectivity index (χ4n) is 6.84. The van der Waals surface area contributed by atoms with Gasteiger partial charge in [-0.2, -0.15) is 0 Å². The number of methoxy groups -OCH3 is 2. The van der Waals surface area contributed by atoms with Gasteiger partial charge in [0.1, 0.15) is 0 Å². The number of benzene rings is 3. The Bertz CT molecular complexity index is 1550. The minimum absolute atomic E-state index is 0.237. The molecule has 2 amide bonds. The molecule has 3 aromatic carbocycles. The van der Waals surface area contributed by atoms with Gasteiger partial charge in [-0.1, -0.05) is 42.5 Å². The van der Waals surface area contributed by atoms with Crippen molar-refractivity contribution < 1.29 is 19.1 Å². The Morgan fingerprint density at radius 2 is 1.64 bits per heavy atom. The second-order valence-corrected chi connectivity index (χ2v) is 11.9. The molecule has 9 heteroatoms. The molecule has 3 heterocycles. The van der Waals surface area contributed by atoms with Gasteiger partial charge in [0, 0.05) is 51.7 Å². The smallest absolute Gasteiger partial charge is 0.264 e. The Labute approximate surface area is 265 Å². The first kappa shape index (κ1) is 30.6. The van der Waals surface area contributed by atoms with E-state index in [9.17, 15) is 9.59 Å². The summed E-state index contributed by atoms with van der Waals surface area (Å²) in [5, 5.41) is 3.44. The Hall–Kier alpha value is -4.37. The molecule has 0 aromatic heterocycles. The summed E-state index contributed by atoms with van der Waals surface area (Å²) >= 11 is 0. The maximum absolute atomic E-state index is 14.3. The van der Waals surface area contributed by atoms with Crippen LogP contribution in [0, 0.1) is 0 Å². The van der Waals surface area contributed by atoms with Crippen LogP contribution in [-0.4, -0.2) is 80.9 Å². The highest BCUT2D eigenvalue weighted by Gasteiger charge is 2.43. The van der Waals surface area contributed by atoms with Crippen LogP contribution in [0.25, 0.3) is 0 Å². The number of ether oxygens (including phenoxy) is 2. The molecule has 1 saturated heterocycles. The number of imide groups is 1. The van der Waals surface area contributed by atoms with Crippen molar-refractivity contribution in [3.8, 4) is 11.5 Å². The van der Waals surface area contributed by atoms with Gasteiger partial charge in [-0.25, -0.2) is 0 Å². The molecule has 1 N–H and O–H groups in total. The third kappa shape index (κ3) is 6.27. The molecule has 0 spiro atoms. The highest BCUT2D eigenvalue weighted by atomic mass is 16.5. The fourth-order valence-corrected chi connectivity index (χ4v) is 6.84. The minimum Gasteiger partial charge on any atom is -0.493 e. The van der Waals surface area contributed by atoms with Gasteiger partial charge in [0.25, 0.3) is 11.8 Å². The lowest BCUT2D eigenvalue weighted by Crippen LogP contribution is -2.47. The van der Waals surface area contributed by atoms with Crippen LogP contribution in [0.5, 0.6) is 11.5 Å². The lowest BCUT2D eigenvalue weighted by molar-refractivity contribution is 0.0572. The Morgan fingerprint density at radius 1 is 0.867 bits per heavy atom. The molecule has 0 radical (unpaired) electrons. The van der Waals surface area contributed by atoms with Crippen molar-refractivity contribution in [1.82, 2.24) is 15.1 Å². The van der Waals surface area contributed by atoms with Crippen molar-refractivity contribution in [2.45, 2.75) is 44.7 Å². The van der Waals surface area contributed by atoms with Crippen molar-refractivity contribution in [3.05, 3.63) is 89.0 Å². The quantitative estimate of drug-likeness (QED) is 0.227. The largest absolute Gasteiger partial charge is 0.493 e. The topological polar surface area (TPSA) is 86.7 Å². The average molecular weight is 610 g/mol. The first-order valence-electron chi connectivity index (χ1n) is 16.0. The standard InChI is InChI=1S/C36H43N5O4/c1-25(26-10-5-4-6-11-26)39-20-22-40(23-21-39)30-13-7-12-28-34(30)36(43)41(35(28)42)29(14-8-18-37-33-15-9-19-38-33)27-16-17-31(44-2)32(24-27)45-3/h4-7,10-13,16-17,24-25,29H,8-9,14-15,18-23H2,1-3H3,(H,37,38)/t25-,29-/m1/s1. The maximum Gasteiger partial charge on any atom is 0.264 e. The van der Waals surface area contributed by atoms with E-state index in [0.717, 1.165) is 75.6 Å². The van der Waals surface area contributed by atoms with E-state index in [1.807, 2.05) is 36.4 Å². The number of amides is 2. The van der Waals surface area contributed by atoms with Gasteiger partial charge in [-0.15, -0.1) is 0 Å². The summed E-state index contributed by atoms with van der Waals surface area (Å²) in [6, 6.07) is 21.7. The molecular formula is C36H43N5O4. The second-order valence-electron chi connectivity index (χ2n) is 11.9. The number of nitrogens with one attached hydrogen (secondary N) is 1. The predicted octanol–water partition coefficient (Wildman–Crippen LogP) is 5.49. The van der Waals surface area contributed by atoms with Crippen molar-refractivity contribution >= 4 is 23.3 Å². The van der Waals surface area contributed by atoms with Gasteiger partial charge >= 0.3 is 0 Å². The summed E-state index contributed by atoms with van der Waals surface area (Å²) in [5.41, 5.74) is 3.96. The van der Waals surface area contributed by atoms with E-state index < -0.39 is 6.04 Å². The van der Waals surface area contributed by atoms with E-state index in [-0.39, 0.29) is 11.8 Å². The molecular weight excluding hydrogens is 566 g/mol. The van der Waals surface area contributed by atoms with Crippen LogP contribution in [0.15, 0.2) is 71.7 Å². The van der Waals surface area contributed by atoms with Gasteiger partial charge in [0.2, 0.25) is 0 Å². The van der Waals surface area contributed by atoms with E-state index in [1.54, 1.807) is 20.3 Å². The number of aliphatic imine (C=N–C) groups is 1. The van der Waals surface area contributed by atoms with Crippen LogP contribution >= 0.6 is 0 Å². The van der Waals surface area contributed by atoms with Gasteiger partial charge in [0.15, 0.2) is 11.5 Å². The molecule has 2 atom stereocenters. The summed E-state index contributed by atoms with van der Waals surface area (Å²) in [4.78, 5) is 39.1. The fraction of sp³-hybridized carbons (Fsp3) is 0.417. The summed E-state index contributed by atoms with van der Waals surface area (Å²) in [6.45, 7) is 7.15. The van der Waals surface area contributed by atoms with Crippen LogP contribution in [0.4, 0.5) is 5.69 Å². The van der Waals surface area contributed by atoms with Crippen LogP contribution in [0.2, 0.25) is 0 Å². The SMILES string of the molecule is COc1ccc([C@@H](CCCNC2=NCCC2)N2C(=O)c3cccc(N4CCN([C@H](C)c5ccccc5)CC4)c3C2=O)cc1OC. The normalized spacial score (nSPS) is 18.1. The molecule has 0 aliphatic carbocycles. The number of amidine groups is 1. The molecule has 3 aromatic rings. The number of carbonyl (C=O) groups is 2. The number of hydrogen-bond acceptors (Lipinski definition) is 8. The Morgan fingerprint density at radius 3 is 2.36 bits per heavy atom. The van der Waals surface area contributed by atoms with E-state index in [4.69, 9.17) is 9.47 Å². The predicted molar refractivity (Wildman–Crippen MR) is 177 cm³/mol. The number of carbonyl (C=O) groups excluding carboxylic acids is 2. The summed E-state index contributed by atoms with van der Waals surface area (Å²) in [6.07, 6.45) is 3.42. The number of nitrogens with zero attached hydrogens (tertiary/aromatic N) is 4. The molecule has 0 unspecified atom stereocenters. The summed E-state index contributed by atoms with van der Waals surface area (Å²) in [5.74, 6) is 1.73. The number of anilines is 1. The molecule has 45 heavy (non-hydrogen) atoms. The highest BCUT2D eigenvalue weighted by molar-refractivity contribution is 6.24. The van der Waals surface area contributed by atoms with Crippen LogP contribution in [-0.2, 0) is 0 Å². The first-order chi connectivity index (χ1) is 22.0. The zero-order valence-corrected chi connectivity index (χ0v) is 26.5. The van der Waals surface area contributed by atoms with E-state index >= 15 is 0 Å². The number of rotatable bonds is 11. The minimum atomic E-state index is -0.457. The van der Waals surface area contributed by atoms with Crippen molar-refractivity contribution in [2.75, 3.05) is 58.4 Å². The second kappa shape index (κ2) is 13.7. The molecule has 3 aliphatic rings. The molecule has 0 saturated carbocycles. The molecule has 236 valence electrons. The summed E-state index contributed by atoms with van der Waals surface area (Å²) < 4.78 is 11.1. The van der Waals surface area contributed by atoms with Crippen molar-refractivity contribution in [1.29, 1.82) is 0 Å².